The highest BCUT2D eigenvalue weighted by Crippen LogP contribution is 2.21. The van der Waals surface area contributed by atoms with Crippen LogP contribution in [0.1, 0.15) is 46.5 Å². The molecule has 108 valence electrons. The number of hydrogen-bond acceptors (Lipinski definition) is 4. The summed E-state index contributed by atoms with van der Waals surface area (Å²) in [5.74, 6) is -1.43. The van der Waals surface area contributed by atoms with Gasteiger partial charge in [0, 0.05) is 13.3 Å². The predicted octanol–water partition coefficient (Wildman–Crippen LogP) is 1.47. The van der Waals surface area contributed by atoms with Gasteiger partial charge in [-0.3, -0.25) is 9.78 Å². The number of pyridine rings is 1. The number of carbonyl (C=O) groups is 2. The third-order valence-corrected chi connectivity index (χ3v) is 3.56. The Hall–Kier alpha value is -1.95. The maximum atomic E-state index is 12.1. The second-order valence-electron chi connectivity index (χ2n) is 4.87. The first-order chi connectivity index (χ1) is 9.61. The van der Waals surface area contributed by atoms with Crippen LogP contribution < -0.4 is 5.32 Å². The number of methoxy groups -OCH3 is 1. The van der Waals surface area contributed by atoms with Crippen molar-refractivity contribution in [3.05, 3.63) is 29.6 Å². The van der Waals surface area contributed by atoms with Crippen molar-refractivity contribution in [3.8, 4) is 0 Å². The molecule has 1 aromatic rings. The van der Waals surface area contributed by atoms with Crippen LogP contribution in [-0.4, -0.2) is 41.2 Å². The van der Waals surface area contributed by atoms with Crippen molar-refractivity contribution < 1.29 is 19.4 Å². The fraction of sp³-hybridized carbons (Fsp3) is 0.500. The summed E-state index contributed by atoms with van der Waals surface area (Å²) in [5.41, 5.74) is 0.169. The van der Waals surface area contributed by atoms with Crippen LogP contribution in [0.5, 0.6) is 0 Å². The molecule has 1 saturated carbocycles. The molecule has 0 spiro atoms. The fourth-order valence-corrected chi connectivity index (χ4v) is 2.47. The number of nitrogens with one attached hydrogen (secondary N) is 1. The number of nitrogens with zero attached hydrogens (tertiary/aromatic N) is 1. The summed E-state index contributed by atoms with van der Waals surface area (Å²) in [6.07, 6.45) is 5.26. The lowest BCUT2D eigenvalue weighted by molar-refractivity contribution is 0.0391. The zero-order valence-electron chi connectivity index (χ0n) is 11.3. The molecule has 20 heavy (non-hydrogen) atoms. The number of rotatable bonds is 4. The monoisotopic (exact) mass is 278 g/mol. The number of carbonyl (C=O) groups excluding carboxylic acids is 1. The zero-order valence-corrected chi connectivity index (χ0v) is 11.3. The topological polar surface area (TPSA) is 88.5 Å². The summed E-state index contributed by atoms with van der Waals surface area (Å²) >= 11 is 0. The Balaban J connectivity index is 2.07. The molecular weight excluding hydrogens is 260 g/mol. The minimum absolute atomic E-state index is 0.00959. The summed E-state index contributed by atoms with van der Waals surface area (Å²) in [6.45, 7) is 0. The molecule has 1 aromatic heterocycles. The third kappa shape index (κ3) is 3.33. The second-order valence-corrected chi connectivity index (χ2v) is 4.87. The van der Waals surface area contributed by atoms with Gasteiger partial charge in [-0.2, -0.15) is 0 Å². The third-order valence-electron chi connectivity index (χ3n) is 3.56. The average Bonchev–Trinajstić information content (AvgIpc) is 2.48. The molecule has 1 amide bonds. The van der Waals surface area contributed by atoms with Crippen LogP contribution in [0.25, 0.3) is 0 Å². The molecule has 1 heterocycles. The molecule has 2 rings (SSSR count). The summed E-state index contributed by atoms with van der Waals surface area (Å²) in [5, 5.41) is 11.8. The van der Waals surface area contributed by atoms with Crippen LogP contribution in [0.2, 0.25) is 0 Å². The second kappa shape index (κ2) is 6.47. The highest BCUT2D eigenvalue weighted by Gasteiger charge is 2.27. The van der Waals surface area contributed by atoms with Crippen molar-refractivity contribution in [2.24, 2.45) is 0 Å². The van der Waals surface area contributed by atoms with Crippen molar-refractivity contribution in [1.29, 1.82) is 0 Å². The van der Waals surface area contributed by atoms with Crippen LogP contribution in [0.3, 0.4) is 0 Å². The molecule has 1 fully saturated rings. The Bertz CT molecular complexity index is 504. The van der Waals surface area contributed by atoms with Gasteiger partial charge < -0.3 is 15.2 Å². The van der Waals surface area contributed by atoms with Crippen LogP contribution in [0.15, 0.2) is 18.3 Å². The van der Waals surface area contributed by atoms with Crippen LogP contribution >= 0.6 is 0 Å². The Labute approximate surface area is 117 Å². The number of ether oxygens (including phenoxy) is 1. The predicted molar refractivity (Wildman–Crippen MR) is 71.7 cm³/mol. The first-order valence-electron chi connectivity index (χ1n) is 6.65. The van der Waals surface area contributed by atoms with Gasteiger partial charge in [-0.15, -0.1) is 0 Å². The molecule has 0 unspecified atom stereocenters. The Morgan fingerprint density at radius 1 is 1.40 bits per heavy atom. The molecule has 1 aliphatic rings. The Morgan fingerprint density at radius 3 is 2.85 bits per heavy atom. The molecular formula is C14H18N2O4. The number of amides is 1. The summed E-state index contributed by atoms with van der Waals surface area (Å²) < 4.78 is 5.37. The standard InChI is InChI=1S/C14H18N2O4/c1-20-12-5-3-2-4-10(12)16-13(17)11-8-9(14(18)19)6-7-15-11/h6-8,10,12H,2-5H2,1H3,(H,16,17)(H,18,19)/t10-,12-/m0/s1. The first kappa shape index (κ1) is 14.5. The summed E-state index contributed by atoms with van der Waals surface area (Å²) in [7, 11) is 1.64. The van der Waals surface area contributed by atoms with Crippen LogP contribution in [-0.2, 0) is 4.74 Å². The van der Waals surface area contributed by atoms with E-state index in [2.05, 4.69) is 10.3 Å². The van der Waals surface area contributed by atoms with E-state index in [0.717, 1.165) is 25.7 Å². The minimum atomic E-state index is -1.08. The van der Waals surface area contributed by atoms with E-state index >= 15 is 0 Å². The van der Waals surface area contributed by atoms with E-state index in [-0.39, 0.29) is 29.3 Å². The van der Waals surface area contributed by atoms with E-state index in [9.17, 15) is 9.59 Å². The average molecular weight is 278 g/mol. The molecule has 2 N–H and O–H groups in total. The van der Waals surface area contributed by atoms with Gasteiger partial charge in [0.1, 0.15) is 5.69 Å². The van der Waals surface area contributed by atoms with E-state index in [1.807, 2.05) is 0 Å². The largest absolute Gasteiger partial charge is 0.478 e. The van der Waals surface area contributed by atoms with Crippen molar-refractivity contribution in [2.75, 3.05) is 7.11 Å². The maximum Gasteiger partial charge on any atom is 0.335 e. The number of aromatic nitrogens is 1. The molecule has 0 bridgehead atoms. The molecule has 2 atom stereocenters. The van der Waals surface area contributed by atoms with Gasteiger partial charge in [0.2, 0.25) is 0 Å². The molecule has 0 aromatic carbocycles. The van der Waals surface area contributed by atoms with Gasteiger partial charge in [-0.05, 0) is 25.0 Å². The quantitative estimate of drug-likeness (QED) is 0.870. The van der Waals surface area contributed by atoms with E-state index in [0.29, 0.717) is 0 Å². The zero-order chi connectivity index (χ0) is 14.5. The minimum Gasteiger partial charge on any atom is -0.478 e. The Morgan fingerprint density at radius 2 is 2.15 bits per heavy atom. The number of carboxylic acids is 1. The smallest absolute Gasteiger partial charge is 0.335 e. The number of carboxylic acid groups (broad SMARTS) is 1. The molecule has 1 aliphatic carbocycles. The lowest BCUT2D eigenvalue weighted by Crippen LogP contribution is -2.46. The fourth-order valence-electron chi connectivity index (χ4n) is 2.47. The SMILES string of the molecule is CO[C@H]1CCCC[C@@H]1NC(=O)c1cc(C(=O)O)ccn1. The van der Waals surface area contributed by atoms with E-state index in [4.69, 9.17) is 9.84 Å². The molecule has 6 heteroatoms. The first-order valence-corrected chi connectivity index (χ1v) is 6.65. The van der Waals surface area contributed by atoms with Gasteiger partial charge in [0.05, 0.1) is 17.7 Å². The number of aromatic carboxylic acids is 1. The van der Waals surface area contributed by atoms with Gasteiger partial charge in [0.25, 0.3) is 5.91 Å². The molecule has 0 saturated heterocycles. The van der Waals surface area contributed by atoms with Gasteiger partial charge in [0.15, 0.2) is 0 Å². The van der Waals surface area contributed by atoms with E-state index in [1.165, 1.54) is 18.3 Å². The molecule has 0 aliphatic heterocycles. The van der Waals surface area contributed by atoms with E-state index < -0.39 is 5.97 Å². The lowest BCUT2D eigenvalue weighted by Gasteiger charge is -2.30. The molecule has 6 nitrogen and oxygen atoms in total. The maximum absolute atomic E-state index is 12.1. The Kier molecular flexibility index (Phi) is 4.68. The summed E-state index contributed by atoms with van der Waals surface area (Å²) in [4.78, 5) is 26.9. The van der Waals surface area contributed by atoms with Gasteiger partial charge in [-0.25, -0.2) is 4.79 Å². The molecule has 0 radical (unpaired) electrons. The van der Waals surface area contributed by atoms with E-state index in [1.54, 1.807) is 7.11 Å². The van der Waals surface area contributed by atoms with Crippen molar-refractivity contribution in [3.63, 3.8) is 0 Å². The highest BCUT2D eigenvalue weighted by atomic mass is 16.5. The van der Waals surface area contributed by atoms with Crippen LogP contribution in [0, 0.1) is 0 Å². The summed E-state index contributed by atoms with van der Waals surface area (Å²) in [6, 6.07) is 2.59. The normalized spacial score (nSPS) is 22.2. The highest BCUT2D eigenvalue weighted by molar-refractivity contribution is 5.95. The van der Waals surface area contributed by atoms with Crippen molar-refractivity contribution in [1.82, 2.24) is 10.3 Å². The van der Waals surface area contributed by atoms with Gasteiger partial charge in [-0.1, -0.05) is 12.8 Å². The van der Waals surface area contributed by atoms with Crippen molar-refractivity contribution >= 4 is 11.9 Å². The number of hydrogen-bond donors (Lipinski definition) is 2. The van der Waals surface area contributed by atoms with Crippen molar-refractivity contribution in [2.45, 2.75) is 37.8 Å². The van der Waals surface area contributed by atoms with Gasteiger partial charge >= 0.3 is 5.97 Å². The lowest BCUT2D eigenvalue weighted by atomic mass is 9.92. The van der Waals surface area contributed by atoms with Crippen LogP contribution in [0.4, 0.5) is 0 Å².